The van der Waals surface area contributed by atoms with Gasteiger partial charge >= 0.3 is 23.9 Å². The van der Waals surface area contributed by atoms with Crippen molar-refractivity contribution in [3.8, 4) is 0 Å². The Bertz CT molecular complexity index is 503. The molecular weight excluding hydrogens is 296 g/mol. The van der Waals surface area contributed by atoms with Crippen LogP contribution in [-0.2, 0) is 28.7 Å². The lowest BCUT2D eigenvalue weighted by Gasteiger charge is -2.48. The van der Waals surface area contributed by atoms with Gasteiger partial charge in [0.1, 0.15) is 0 Å². The molecule has 0 radical (unpaired) electrons. The third-order valence-electron chi connectivity index (χ3n) is 4.51. The Morgan fingerprint density at radius 3 is 1.27 bits per heavy atom. The number of hydrogen-bond acceptors (Lipinski definition) is 6. The zero-order chi connectivity index (χ0) is 16.6. The SMILES string of the molecule is COC(=O)C1C2C=CC(C(C(=O)O)C2C(=O)O)C1C(=O)OC. The average molecular weight is 312 g/mol. The zero-order valence-electron chi connectivity index (χ0n) is 12.0. The summed E-state index contributed by atoms with van der Waals surface area (Å²) in [6.07, 6.45) is 2.98. The summed E-state index contributed by atoms with van der Waals surface area (Å²) in [6, 6.07) is 0. The Morgan fingerprint density at radius 1 is 0.727 bits per heavy atom. The first kappa shape index (κ1) is 16.0. The summed E-state index contributed by atoms with van der Waals surface area (Å²) in [5.74, 6) is -10.7. The number of carboxylic acids is 2. The highest BCUT2D eigenvalue weighted by Gasteiger charge is 2.61. The monoisotopic (exact) mass is 312 g/mol. The Labute approximate surface area is 125 Å². The molecule has 0 aromatic rings. The molecule has 6 atom stereocenters. The summed E-state index contributed by atoms with van der Waals surface area (Å²) >= 11 is 0. The first-order valence-corrected chi connectivity index (χ1v) is 6.64. The predicted octanol–water partition coefficient (Wildman–Crippen LogP) is -0.218. The largest absolute Gasteiger partial charge is 0.481 e. The van der Waals surface area contributed by atoms with Crippen molar-refractivity contribution in [3.05, 3.63) is 12.2 Å². The van der Waals surface area contributed by atoms with Crippen LogP contribution in [0, 0.1) is 35.5 Å². The molecule has 0 heterocycles. The van der Waals surface area contributed by atoms with Crippen LogP contribution < -0.4 is 0 Å². The van der Waals surface area contributed by atoms with Gasteiger partial charge in [-0.2, -0.15) is 0 Å². The van der Waals surface area contributed by atoms with Crippen molar-refractivity contribution < 1.29 is 38.9 Å². The van der Waals surface area contributed by atoms with Gasteiger partial charge in [0, 0.05) is 11.8 Å². The number of carboxylic acid groups (broad SMARTS) is 2. The third-order valence-corrected chi connectivity index (χ3v) is 4.51. The number of allylic oxidation sites excluding steroid dienone is 2. The fourth-order valence-electron chi connectivity index (χ4n) is 3.66. The highest BCUT2D eigenvalue weighted by atomic mass is 16.5. The number of ether oxygens (including phenoxy) is 2. The Balaban J connectivity index is 2.55. The summed E-state index contributed by atoms with van der Waals surface area (Å²) in [4.78, 5) is 47.0. The third kappa shape index (κ3) is 2.24. The Hall–Kier alpha value is -2.38. The second-order valence-electron chi connectivity index (χ2n) is 5.37. The van der Waals surface area contributed by atoms with Crippen molar-refractivity contribution in [1.29, 1.82) is 0 Å². The Morgan fingerprint density at radius 2 is 1.05 bits per heavy atom. The molecule has 2 bridgehead atoms. The molecule has 3 aliphatic rings. The summed E-state index contributed by atoms with van der Waals surface area (Å²) in [5, 5.41) is 18.7. The maximum atomic E-state index is 12.0. The van der Waals surface area contributed by atoms with Crippen molar-refractivity contribution in [1.82, 2.24) is 0 Å². The second-order valence-corrected chi connectivity index (χ2v) is 5.37. The number of carbonyl (C=O) groups is 4. The molecule has 1 fully saturated rings. The van der Waals surface area contributed by atoms with Crippen molar-refractivity contribution in [2.45, 2.75) is 0 Å². The van der Waals surface area contributed by atoms with E-state index < -0.39 is 59.4 Å². The van der Waals surface area contributed by atoms with Gasteiger partial charge in [0.05, 0.1) is 37.9 Å². The maximum Gasteiger partial charge on any atom is 0.310 e. The summed E-state index contributed by atoms with van der Waals surface area (Å²) in [7, 11) is 2.26. The second kappa shape index (κ2) is 5.78. The van der Waals surface area contributed by atoms with Gasteiger partial charge in [0.25, 0.3) is 0 Å². The van der Waals surface area contributed by atoms with Gasteiger partial charge < -0.3 is 19.7 Å². The van der Waals surface area contributed by atoms with Gasteiger partial charge in [0.2, 0.25) is 0 Å². The van der Waals surface area contributed by atoms with Gasteiger partial charge in [-0.25, -0.2) is 0 Å². The molecule has 3 rings (SSSR count). The van der Waals surface area contributed by atoms with Gasteiger partial charge in [0.15, 0.2) is 0 Å². The smallest absolute Gasteiger partial charge is 0.310 e. The van der Waals surface area contributed by atoms with E-state index in [0.29, 0.717) is 0 Å². The van der Waals surface area contributed by atoms with Crippen LogP contribution in [0.1, 0.15) is 0 Å². The van der Waals surface area contributed by atoms with Gasteiger partial charge in [-0.1, -0.05) is 12.2 Å². The van der Waals surface area contributed by atoms with E-state index in [2.05, 4.69) is 9.47 Å². The summed E-state index contributed by atoms with van der Waals surface area (Å²) < 4.78 is 9.34. The minimum atomic E-state index is -1.32. The molecule has 22 heavy (non-hydrogen) atoms. The number of methoxy groups -OCH3 is 2. The molecule has 120 valence electrons. The van der Waals surface area contributed by atoms with E-state index in [1.165, 1.54) is 12.2 Å². The minimum absolute atomic E-state index is 0.746. The number of hydrogen-bond donors (Lipinski definition) is 2. The molecule has 8 heteroatoms. The van der Waals surface area contributed by atoms with Crippen LogP contribution in [0.15, 0.2) is 12.2 Å². The Kier molecular flexibility index (Phi) is 4.20. The number of esters is 2. The fourth-order valence-corrected chi connectivity index (χ4v) is 3.66. The number of carbonyl (C=O) groups excluding carboxylic acids is 2. The van der Waals surface area contributed by atoms with Crippen molar-refractivity contribution in [2.75, 3.05) is 14.2 Å². The first-order chi connectivity index (χ1) is 10.3. The summed E-state index contributed by atoms with van der Waals surface area (Å²) in [6.45, 7) is 0. The number of fused-ring (bicyclic) bond motifs is 2. The average Bonchev–Trinajstić information content (AvgIpc) is 2.51. The molecule has 0 aliphatic heterocycles. The van der Waals surface area contributed by atoms with Crippen LogP contribution in [-0.4, -0.2) is 48.3 Å². The van der Waals surface area contributed by atoms with Crippen molar-refractivity contribution in [2.24, 2.45) is 35.5 Å². The van der Waals surface area contributed by atoms with E-state index in [1.54, 1.807) is 0 Å². The highest BCUT2D eigenvalue weighted by molar-refractivity contribution is 5.89. The van der Waals surface area contributed by atoms with Crippen LogP contribution in [0.3, 0.4) is 0 Å². The van der Waals surface area contributed by atoms with E-state index in [-0.39, 0.29) is 0 Å². The fraction of sp³-hybridized carbons (Fsp3) is 0.571. The van der Waals surface area contributed by atoms with Crippen LogP contribution in [0.5, 0.6) is 0 Å². The first-order valence-electron chi connectivity index (χ1n) is 6.64. The normalized spacial score (nSPS) is 35.7. The van der Waals surface area contributed by atoms with E-state index in [0.717, 1.165) is 14.2 Å². The molecule has 6 unspecified atom stereocenters. The van der Waals surface area contributed by atoms with Crippen molar-refractivity contribution >= 4 is 23.9 Å². The summed E-state index contributed by atoms with van der Waals surface area (Å²) in [5.41, 5.74) is 0. The highest BCUT2D eigenvalue weighted by Crippen LogP contribution is 2.52. The van der Waals surface area contributed by atoms with Crippen molar-refractivity contribution in [3.63, 3.8) is 0 Å². The van der Waals surface area contributed by atoms with Crippen LogP contribution in [0.25, 0.3) is 0 Å². The van der Waals surface area contributed by atoms with E-state index in [9.17, 15) is 29.4 Å². The standard InChI is InChI=1S/C14H16O8/c1-21-13(19)9-5-3-4-6(10(9)14(20)22-2)8(12(17)18)7(5)11(15)16/h3-10H,1-2H3,(H,15,16)(H,17,18). The lowest BCUT2D eigenvalue weighted by atomic mass is 9.53. The van der Waals surface area contributed by atoms with Crippen LogP contribution in [0.2, 0.25) is 0 Å². The zero-order valence-corrected chi connectivity index (χ0v) is 12.0. The molecule has 0 saturated heterocycles. The van der Waals surface area contributed by atoms with Gasteiger partial charge in [-0.15, -0.1) is 0 Å². The molecular formula is C14H16O8. The molecule has 8 nitrogen and oxygen atoms in total. The quantitative estimate of drug-likeness (QED) is 0.539. The molecule has 0 aromatic heterocycles. The van der Waals surface area contributed by atoms with Gasteiger partial charge in [-0.3, -0.25) is 19.2 Å². The molecule has 0 amide bonds. The molecule has 0 aromatic carbocycles. The van der Waals surface area contributed by atoms with Gasteiger partial charge in [-0.05, 0) is 0 Å². The molecule has 1 saturated carbocycles. The van der Waals surface area contributed by atoms with E-state index in [4.69, 9.17) is 0 Å². The lowest BCUT2D eigenvalue weighted by Crippen LogP contribution is -2.57. The lowest BCUT2D eigenvalue weighted by molar-refractivity contribution is -0.180. The predicted molar refractivity (Wildman–Crippen MR) is 69.4 cm³/mol. The maximum absolute atomic E-state index is 12.0. The van der Waals surface area contributed by atoms with E-state index in [1.807, 2.05) is 0 Å². The van der Waals surface area contributed by atoms with Crippen LogP contribution in [0.4, 0.5) is 0 Å². The van der Waals surface area contributed by atoms with E-state index >= 15 is 0 Å². The molecule has 2 N–H and O–H groups in total. The van der Waals surface area contributed by atoms with Crippen LogP contribution >= 0.6 is 0 Å². The molecule has 0 spiro atoms. The topological polar surface area (TPSA) is 127 Å². The number of aliphatic carboxylic acids is 2. The molecule has 3 aliphatic carbocycles. The number of rotatable bonds is 4. The minimum Gasteiger partial charge on any atom is -0.481 e.